The van der Waals surface area contributed by atoms with Crippen LogP contribution in [0.15, 0.2) is 66.1 Å². The summed E-state index contributed by atoms with van der Waals surface area (Å²) in [5, 5.41) is 3.09. The molecule has 0 bridgehead atoms. The number of benzene rings is 2. The van der Waals surface area contributed by atoms with Crippen LogP contribution in [0, 0.1) is 0 Å². The van der Waals surface area contributed by atoms with E-state index in [0.717, 1.165) is 0 Å². The maximum Gasteiger partial charge on any atom is 0.255 e. The second-order valence-electron chi connectivity index (χ2n) is 4.60. The molecule has 0 heterocycles. The quantitative estimate of drug-likeness (QED) is 0.786. The molecule has 2 N–H and O–H groups in total. The van der Waals surface area contributed by atoms with Crippen molar-refractivity contribution in [2.45, 2.75) is 4.90 Å². The van der Waals surface area contributed by atoms with E-state index in [1.165, 1.54) is 30.3 Å². The van der Waals surface area contributed by atoms with Crippen LogP contribution in [0.25, 0.3) is 0 Å². The van der Waals surface area contributed by atoms with Gasteiger partial charge < -0.3 is 5.32 Å². The number of hydrogen-bond donors (Lipinski definition) is 2. The van der Waals surface area contributed by atoms with Gasteiger partial charge in [-0.1, -0.05) is 29.8 Å². The van der Waals surface area contributed by atoms with E-state index in [1.807, 2.05) is 0 Å². The number of anilines is 1. The van der Waals surface area contributed by atoms with Crippen LogP contribution >= 0.6 is 11.6 Å². The monoisotopic (exact) mass is 350 g/mol. The molecule has 0 unspecified atom stereocenters. The molecule has 23 heavy (non-hydrogen) atoms. The van der Waals surface area contributed by atoms with Crippen molar-refractivity contribution in [2.75, 3.05) is 11.9 Å². The van der Waals surface area contributed by atoms with Gasteiger partial charge in [-0.25, -0.2) is 13.1 Å². The standard InChI is InChI=1S/C16H15ClN2O3S/c1-2-11-18-23(21,22)13-9-7-12(8-10-13)16(20)19-15-6-4-3-5-14(15)17/h2-10,18H,1,11H2,(H,19,20). The van der Waals surface area contributed by atoms with Crippen LogP contribution in [0.4, 0.5) is 5.69 Å². The van der Waals surface area contributed by atoms with Gasteiger partial charge in [-0.15, -0.1) is 6.58 Å². The molecule has 0 aliphatic carbocycles. The Bertz CT molecular complexity index is 817. The third-order valence-corrected chi connectivity index (χ3v) is 4.74. The van der Waals surface area contributed by atoms with Crippen molar-refractivity contribution in [3.8, 4) is 0 Å². The molecule has 0 aliphatic heterocycles. The van der Waals surface area contributed by atoms with Crippen LogP contribution in [-0.4, -0.2) is 20.9 Å². The lowest BCUT2D eigenvalue weighted by Gasteiger charge is -2.08. The smallest absolute Gasteiger partial charge is 0.255 e. The molecule has 2 aromatic rings. The average Bonchev–Trinajstić information content (AvgIpc) is 2.55. The third-order valence-electron chi connectivity index (χ3n) is 2.97. The molecule has 0 aliphatic rings. The molecule has 0 fully saturated rings. The van der Waals surface area contributed by atoms with Gasteiger partial charge in [-0.05, 0) is 36.4 Å². The lowest BCUT2D eigenvalue weighted by atomic mass is 10.2. The predicted molar refractivity (Wildman–Crippen MR) is 91.2 cm³/mol. The predicted octanol–water partition coefficient (Wildman–Crippen LogP) is 3.06. The maximum absolute atomic E-state index is 12.2. The molecule has 5 nitrogen and oxygen atoms in total. The molecular formula is C16H15ClN2O3S. The van der Waals surface area contributed by atoms with Gasteiger partial charge in [0.1, 0.15) is 0 Å². The molecule has 0 saturated heterocycles. The van der Waals surface area contributed by atoms with Gasteiger partial charge in [0, 0.05) is 12.1 Å². The van der Waals surface area contributed by atoms with E-state index < -0.39 is 10.0 Å². The first kappa shape index (κ1) is 17.2. The lowest BCUT2D eigenvalue weighted by Crippen LogP contribution is -2.23. The Balaban J connectivity index is 2.15. The van der Waals surface area contributed by atoms with Crippen LogP contribution in [0.5, 0.6) is 0 Å². The Hall–Kier alpha value is -2.15. The highest BCUT2D eigenvalue weighted by molar-refractivity contribution is 7.89. The zero-order chi connectivity index (χ0) is 16.9. The number of amides is 1. The Morgan fingerprint density at radius 2 is 1.78 bits per heavy atom. The Kier molecular flexibility index (Phi) is 5.54. The summed E-state index contributed by atoms with van der Waals surface area (Å²) in [4.78, 5) is 12.2. The van der Waals surface area contributed by atoms with Gasteiger partial charge in [0.05, 0.1) is 15.6 Å². The Labute approximate surface area is 140 Å². The Morgan fingerprint density at radius 3 is 2.39 bits per heavy atom. The topological polar surface area (TPSA) is 75.3 Å². The number of sulfonamides is 1. The highest BCUT2D eigenvalue weighted by Gasteiger charge is 2.14. The van der Waals surface area contributed by atoms with Crippen molar-refractivity contribution >= 4 is 33.2 Å². The maximum atomic E-state index is 12.2. The molecule has 0 radical (unpaired) electrons. The number of para-hydroxylation sites is 1. The number of hydrogen-bond acceptors (Lipinski definition) is 3. The Morgan fingerprint density at radius 1 is 1.13 bits per heavy atom. The van der Waals surface area contributed by atoms with Crippen molar-refractivity contribution in [3.63, 3.8) is 0 Å². The minimum atomic E-state index is -3.60. The second kappa shape index (κ2) is 7.41. The number of halogens is 1. The van der Waals surface area contributed by atoms with Gasteiger partial charge in [0.25, 0.3) is 5.91 Å². The first-order valence-electron chi connectivity index (χ1n) is 6.70. The van der Waals surface area contributed by atoms with Crippen LogP contribution in [-0.2, 0) is 10.0 Å². The van der Waals surface area contributed by atoms with E-state index in [2.05, 4.69) is 16.6 Å². The zero-order valence-electron chi connectivity index (χ0n) is 12.1. The molecule has 0 atom stereocenters. The molecule has 1 amide bonds. The summed E-state index contributed by atoms with van der Waals surface area (Å²) >= 11 is 5.98. The fraction of sp³-hybridized carbons (Fsp3) is 0.0625. The van der Waals surface area contributed by atoms with Crippen molar-refractivity contribution < 1.29 is 13.2 Å². The minimum Gasteiger partial charge on any atom is -0.321 e. The summed E-state index contributed by atoms with van der Waals surface area (Å²) < 4.78 is 26.2. The molecule has 2 aromatic carbocycles. The van der Waals surface area contributed by atoms with Crippen molar-refractivity contribution in [2.24, 2.45) is 0 Å². The van der Waals surface area contributed by atoms with Gasteiger partial charge in [-0.3, -0.25) is 4.79 Å². The SMILES string of the molecule is C=CCNS(=O)(=O)c1ccc(C(=O)Nc2ccccc2Cl)cc1. The number of carbonyl (C=O) groups is 1. The van der Waals surface area contributed by atoms with E-state index in [4.69, 9.17) is 11.6 Å². The van der Waals surface area contributed by atoms with Crippen LogP contribution in [0.1, 0.15) is 10.4 Å². The van der Waals surface area contributed by atoms with E-state index >= 15 is 0 Å². The number of carbonyl (C=O) groups excluding carboxylic acids is 1. The molecule has 2 rings (SSSR count). The normalized spacial score (nSPS) is 11.0. The summed E-state index contributed by atoms with van der Waals surface area (Å²) in [7, 11) is -3.60. The second-order valence-corrected chi connectivity index (χ2v) is 6.77. The number of rotatable bonds is 6. The molecule has 7 heteroatoms. The van der Waals surface area contributed by atoms with Gasteiger partial charge >= 0.3 is 0 Å². The van der Waals surface area contributed by atoms with Crippen LogP contribution < -0.4 is 10.0 Å². The molecule has 120 valence electrons. The van der Waals surface area contributed by atoms with Crippen LogP contribution in [0.3, 0.4) is 0 Å². The third kappa shape index (κ3) is 4.41. The fourth-order valence-electron chi connectivity index (χ4n) is 1.79. The van der Waals surface area contributed by atoms with E-state index in [0.29, 0.717) is 16.3 Å². The fourth-order valence-corrected chi connectivity index (χ4v) is 2.98. The first-order chi connectivity index (χ1) is 10.9. The van der Waals surface area contributed by atoms with Crippen molar-refractivity contribution in [3.05, 3.63) is 71.8 Å². The molecule has 0 spiro atoms. The zero-order valence-corrected chi connectivity index (χ0v) is 13.7. The summed E-state index contributed by atoms with van der Waals surface area (Å²) in [5.74, 6) is -0.374. The van der Waals surface area contributed by atoms with Crippen LogP contribution in [0.2, 0.25) is 5.02 Å². The largest absolute Gasteiger partial charge is 0.321 e. The molecule has 0 aromatic heterocycles. The summed E-state index contributed by atoms with van der Waals surface area (Å²) in [6, 6.07) is 12.5. The highest BCUT2D eigenvalue weighted by Crippen LogP contribution is 2.21. The van der Waals surface area contributed by atoms with Gasteiger partial charge in [0.15, 0.2) is 0 Å². The number of nitrogens with one attached hydrogen (secondary N) is 2. The highest BCUT2D eigenvalue weighted by atomic mass is 35.5. The van der Waals surface area contributed by atoms with E-state index in [9.17, 15) is 13.2 Å². The average molecular weight is 351 g/mol. The summed E-state index contributed by atoms with van der Waals surface area (Å²) in [6.45, 7) is 3.59. The summed E-state index contributed by atoms with van der Waals surface area (Å²) in [5.41, 5.74) is 0.816. The lowest BCUT2D eigenvalue weighted by molar-refractivity contribution is 0.102. The van der Waals surface area contributed by atoms with E-state index in [1.54, 1.807) is 24.3 Å². The first-order valence-corrected chi connectivity index (χ1v) is 8.56. The molecular weight excluding hydrogens is 336 g/mol. The van der Waals surface area contributed by atoms with Crippen molar-refractivity contribution in [1.82, 2.24) is 4.72 Å². The van der Waals surface area contributed by atoms with Gasteiger partial charge in [0.2, 0.25) is 10.0 Å². The van der Waals surface area contributed by atoms with Gasteiger partial charge in [-0.2, -0.15) is 0 Å². The summed E-state index contributed by atoms with van der Waals surface area (Å²) in [6.07, 6.45) is 1.45. The molecule has 0 saturated carbocycles. The van der Waals surface area contributed by atoms with Crippen molar-refractivity contribution in [1.29, 1.82) is 0 Å². The van der Waals surface area contributed by atoms with E-state index in [-0.39, 0.29) is 17.3 Å². The minimum absolute atomic E-state index is 0.0774.